The quantitative estimate of drug-likeness (QED) is 0.801. The van der Waals surface area contributed by atoms with E-state index in [1.54, 1.807) is 13.0 Å². The van der Waals surface area contributed by atoms with Crippen molar-refractivity contribution in [3.63, 3.8) is 0 Å². The van der Waals surface area contributed by atoms with Gasteiger partial charge < -0.3 is 0 Å². The highest BCUT2D eigenvalue weighted by Crippen LogP contribution is 2.31. The first kappa shape index (κ1) is 17.5. The highest BCUT2D eigenvalue weighted by molar-refractivity contribution is 7.91. The summed E-state index contributed by atoms with van der Waals surface area (Å²) in [6, 6.07) is 15.9. The molecule has 0 N–H and O–H groups in total. The molecule has 0 bridgehead atoms. The van der Waals surface area contributed by atoms with Crippen LogP contribution >= 0.6 is 11.6 Å². The molecular weight excluding hydrogens is 342 g/mol. The topological polar surface area (TPSA) is 37.4 Å². The number of rotatable bonds is 5. The number of halogens is 1. The van der Waals surface area contributed by atoms with Gasteiger partial charge in [-0.15, -0.1) is 0 Å². The second kappa shape index (κ2) is 7.26. The molecule has 0 amide bonds. The summed E-state index contributed by atoms with van der Waals surface area (Å²) in [6.45, 7) is 4.20. The molecule has 0 aromatic heterocycles. The standard InChI is InChI=1S/C19H22ClNO2S/c1-2-24(22,23)19-17(9-6-10-18(19)20)14-21-12-11-16(13-21)15-7-4-3-5-8-15/h3-10,16H,2,11-14H2,1H3. The van der Waals surface area contributed by atoms with Crippen LogP contribution in [0, 0.1) is 0 Å². The summed E-state index contributed by atoms with van der Waals surface area (Å²) in [6.07, 6.45) is 1.10. The monoisotopic (exact) mass is 363 g/mol. The smallest absolute Gasteiger partial charge is 0.179 e. The summed E-state index contributed by atoms with van der Waals surface area (Å²) in [5, 5.41) is 0.327. The molecule has 1 saturated heterocycles. The molecule has 5 heteroatoms. The zero-order chi connectivity index (χ0) is 17.2. The van der Waals surface area contributed by atoms with Gasteiger partial charge in [-0.1, -0.05) is 61.0 Å². The van der Waals surface area contributed by atoms with Crippen LogP contribution in [0.2, 0.25) is 5.02 Å². The minimum absolute atomic E-state index is 0.0658. The SMILES string of the molecule is CCS(=O)(=O)c1c(Cl)cccc1CN1CCC(c2ccccc2)C1. The average molecular weight is 364 g/mol. The van der Waals surface area contributed by atoms with E-state index in [0.717, 1.165) is 25.1 Å². The van der Waals surface area contributed by atoms with Crippen molar-refractivity contribution in [2.24, 2.45) is 0 Å². The van der Waals surface area contributed by atoms with Gasteiger partial charge in [0.1, 0.15) is 0 Å². The molecule has 1 aliphatic rings. The molecule has 0 saturated carbocycles. The number of sulfone groups is 1. The lowest BCUT2D eigenvalue weighted by molar-refractivity contribution is 0.324. The largest absolute Gasteiger partial charge is 0.298 e. The summed E-state index contributed by atoms with van der Waals surface area (Å²) < 4.78 is 24.8. The Labute approximate surface area is 149 Å². The van der Waals surface area contributed by atoms with Crippen LogP contribution in [0.15, 0.2) is 53.4 Å². The molecule has 3 nitrogen and oxygen atoms in total. The number of hydrogen-bond acceptors (Lipinski definition) is 3. The van der Waals surface area contributed by atoms with E-state index in [1.165, 1.54) is 5.56 Å². The van der Waals surface area contributed by atoms with E-state index in [4.69, 9.17) is 11.6 Å². The molecule has 0 aliphatic carbocycles. The molecule has 0 spiro atoms. The van der Waals surface area contributed by atoms with Crippen LogP contribution in [0.4, 0.5) is 0 Å². The molecule has 1 aliphatic heterocycles. The van der Waals surface area contributed by atoms with Crippen molar-refractivity contribution in [3.05, 3.63) is 64.7 Å². The summed E-state index contributed by atoms with van der Waals surface area (Å²) >= 11 is 6.21. The molecule has 128 valence electrons. The van der Waals surface area contributed by atoms with Crippen LogP contribution in [0.3, 0.4) is 0 Å². The highest BCUT2D eigenvalue weighted by atomic mass is 35.5. The minimum Gasteiger partial charge on any atom is -0.298 e. The number of benzene rings is 2. The Hall–Kier alpha value is -1.36. The van der Waals surface area contributed by atoms with Crippen molar-refractivity contribution in [3.8, 4) is 0 Å². The fourth-order valence-corrected chi connectivity index (χ4v) is 5.12. The third-order valence-corrected chi connectivity index (χ3v) is 6.97. The number of likely N-dealkylation sites (tertiary alicyclic amines) is 1. The Balaban J connectivity index is 1.80. The number of nitrogens with zero attached hydrogens (tertiary/aromatic N) is 1. The Morgan fingerprint density at radius 1 is 1.12 bits per heavy atom. The normalized spacial score (nSPS) is 18.8. The molecule has 2 aromatic rings. The second-order valence-corrected chi connectivity index (χ2v) is 8.89. The van der Waals surface area contributed by atoms with Crippen LogP contribution in [0.25, 0.3) is 0 Å². The van der Waals surface area contributed by atoms with Gasteiger partial charge in [0.25, 0.3) is 0 Å². The Bertz CT molecular complexity index is 805. The Morgan fingerprint density at radius 2 is 1.88 bits per heavy atom. The van der Waals surface area contributed by atoms with E-state index < -0.39 is 9.84 Å². The maximum absolute atomic E-state index is 12.4. The number of hydrogen-bond donors (Lipinski definition) is 0. The highest BCUT2D eigenvalue weighted by Gasteiger charge is 2.26. The summed E-state index contributed by atoms with van der Waals surface area (Å²) in [7, 11) is -3.33. The van der Waals surface area contributed by atoms with Gasteiger partial charge in [0.15, 0.2) is 9.84 Å². The maximum atomic E-state index is 12.4. The van der Waals surface area contributed by atoms with Crippen LogP contribution in [0.5, 0.6) is 0 Å². The Morgan fingerprint density at radius 3 is 2.58 bits per heavy atom. The van der Waals surface area contributed by atoms with Crippen LogP contribution in [-0.2, 0) is 16.4 Å². The van der Waals surface area contributed by atoms with Crippen molar-refractivity contribution in [1.29, 1.82) is 0 Å². The maximum Gasteiger partial charge on any atom is 0.179 e. The van der Waals surface area contributed by atoms with E-state index in [2.05, 4.69) is 29.2 Å². The van der Waals surface area contributed by atoms with Crippen molar-refractivity contribution < 1.29 is 8.42 Å². The lowest BCUT2D eigenvalue weighted by Gasteiger charge is -2.19. The summed E-state index contributed by atoms with van der Waals surface area (Å²) in [4.78, 5) is 2.62. The van der Waals surface area contributed by atoms with Gasteiger partial charge in [-0.2, -0.15) is 0 Å². The van der Waals surface area contributed by atoms with Crippen LogP contribution in [0.1, 0.15) is 30.4 Å². The van der Waals surface area contributed by atoms with E-state index in [-0.39, 0.29) is 5.75 Å². The van der Waals surface area contributed by atoms with Crippen molar-refractivity contribution >= 4 is 21.4 Å². The predicted octanol–water partition coefficient (Wildman–Crippen LogP) is 4.12. The fraction of sp³-hybridized carbons (Fsp3) is 0.368. The lowest BCUT2D eigenvalue weighted by atomic mass is 9.99. The van der Waals surface area contributed by atoms with Gasteiger partial charge in [-0.05, 0) is 36.1 Å². The first-order chi connectivity index (χ1) is 11.5. The zero-order valence-electron chi connectivity index (χ0n) is 13.8. The van der Waals surface area contributed by atoms with Crippen molar-refractivity contribution in [2.75, 3.05) is 18.8 Å². The van der Waals surface area contributed by atoms with Gasteiger partial charge in [0.05, 0.1) is 15.7 Å². The van der Waals surface area contributed by atoms with E-state index in [0.29, 0.717) is 22.4 Å². The molecule has 2 aromatic carbocycles. The molecule has 24 heavy (non-hydrogen) atoms. The molecule has 0 radical (unpaired) electrons. The minimum atomic E-state index is -3.33. The molecule has 1 unspecified atom stereocenters. The van der Waals surface area contributed by atoms with Gasteiger partial charge in [-0.25, -0.2) is 8.42 Å². The van der Waals surface area contributed by atoms with E-state index >= 15 is 0 Å². The fourth-order valence-electron chi connectivity index (χ4n) is 3.39. The summed E-state index contributed by atoms with van der Waals surface area (Å²) in [5.74, 6) is 0.577. The van der Waals surface area contributed by atoms with Crippen LogP contribution < -0.4 is 0 Å². The van der Waals surface area contributed by atoms with Gasteiger partial charge in [0, 0.05) is 13.1 Å². The van der Waals surface area contributed by atoms with Crippen molar-refractivity contribution in [2.45, 2.75) is 30.7 Å². The summed E-state index contributed by atoms with van der Waals surface area (Å²) in [5.41, 5.74) is 2.16. The average Bonchev–Trinajstić information content (AvgIpc) is 3.04. The van der Waals surface area contributed by atoms with Gasteiger partial charge in [-0.3, -0.25) is 4.90 Å². The van der Waals surface area contributed by atoms with E-state index in [1.807, 2.05) is 18.2 Å². The third kappa shape index (κ3) is 3.66. The molecule has 1 atom stereocenters. The molecular formula is C19H22ClNO2S. The van der Waals surface area contributed by atoms with Gasteiger partial charge in [0.2, 0.25) is 0 Å². The first-order valence-electron chi connectivity index (χ1n) is 8.28. The molecule has 1 heterocycles. The Kier molecular flexibility index (Phi) is 5.28. The second-order valence-electron chi connectivity index (χ2n) is 6.26. The molecule has 3 rings (SSSR count). The van der Waals surface area contributed by atoms with Crippen LogP contribution in [-0.4, -0.2) is 32.2 Å². The van der Waals surface area contributed by atoms with Crippen molar-refractivity contribution in [1.82, 2.24) is 4.90 Å². The third-order valence-electron chi connectivity index (χ3n) is 4.68. The van der Waals surface area contributed by atoms with E-state index in [9.17, 15) is 8.42 Å². The lowest BCUT2D eigenvalue weighted by Crippen LogP contribution is -2.21. The molecule has 1 fully saturated rings. The van der Waals surface area contributed by atoms with Gasteiger partial charge >= 0.3 is 0 Å². The first-order valence-corrected chi connectivity index (χ1v) is 10.3. The zero-order valence-corrected chi connectivity index (χ0v) is 15.4. The predicted molar refractivity (Wildman–Crippen MR) is 98.3 cm³/mol.